The number of para-hydroxylation sites is 2. The maximum atomic E-state index is 12.3. The second-order valence-electron chi connectivity index (χ2n) is 6.90. The van der Waals surface area contributed by atoms with E-state index in [1.165, 1.54) is 45.0 Å². The minimum absolute atomic E-state index is 0.281. The molecule has 1 aliphatic rings. The van der Waals surface area contributed by atoms with Gasteiger partial charge in [-0.2, -0.15) is 0 Å². The summed E-state index contributed by atoms with van der Waals surface area (Å²) in [7, 11) is 1.44. The molecule has 132 valence electrons. The number of hydrogen-bond donors (Lipinski definition) is 0. The second-order valence-corrected chi connectivity index (χ2v) is 6.90. The molecule has 0 radical (unpaired) electrons. The Morgan fingerprint density at radius 2 is 1.80 bits per heavy atom. The number of aromatic nitrogens is 2. The number of esters is 1. The lowest BCUT2D eigenvalue weighted by molar-refractivity contribution is 0.0592. The third-order valence-electron chi connectivity index (χ3n) is 5.33. The first kappa shape index (κ1) is 16.2. The van der Waals surface area contributed by atoms with Crippen LogP contribution in [0.2, 0.25) is 0 Å². The molecule has 2 aromatic heterocycles. The van der Waals surface area contributed by atoms with Gasteiger partial charge in [-0.15, -0.1) is 0 Å². The SMILES string of the molecule is COC(=O)c1c(C)cc2n(CCN3CCCCC3)c3ccccc3n12. The van der Waals surface area contributed by atoms with Gasteiger partial charge in [-0.25, -0.2) is 4.79 Å². The zero-order valence-electron chi connectivity index (χ0n) is 15.0. The van der Waals surface area contributed by atoms with E-state index < -0.39 is 0 Å². The van der Waals surface area contributed by atoms with Crippen molar-refractivity contribution in [2.75, 3.05) is 26.7 Å². The number of fused-ring (bicyclic) bond motifs is 3. The summed E-state index contributed by atoms with van der Waals surface area (Å²) in [6, 6.07) is 10.4. The molecule has 1 fully saturated rings. The highest BCUT2D eigenvalue weighted by atomic mass is 16.5. The first-order valence-electron chi connectivity index (χ1n) is 9.10. The van der Waals surface area contributed by atoms with Crippen molar-refractivity contribution in [1.82, 2.24) is 13.9 Å². The van der Waals surface area contributed by atoms with E-state index in [1.54, 1.807) is 0 Å². The Morgan fingerprint density at radius 1 is 1.08 bits per heavy atom. The van der Waals surface area contributed by atoms with Crippen LogP contribution in [0.4, 0.5) is 0 Å². The number of ether oxygens (including phenoxy) is 1. The van der Waals surface area contributed by atoms with Crippen LogP contribution >= 0.6 is 0 Å². The molecule has 5 heteroatoms. The molecule has 0 aliphatic carbocycles. The molecule has 0 unspecified atom stereocenters. The van der Waals surface area contributed by atoms with Gasteiger partial charge < -0.3 is 14.2 Å². The van der Waals surface area contributed by atoms with Crippen molar-refractivity contribution in [2.45, 2.75) is 32.7 Å². The molecule has 1 aliphatic heterocycles. The summed E-state index contributed by atoms with van der Waals surface area (Å²) in [5, 5.41) is 0. The zero-order chi connectivity index (χ0) is 17.4. The fourth-order valence-electron chi connectivity index (χ4n) is 4.07. The van der Waals surface area contributed by atoms with Crippen molar-refractivity contribution in [3.8, 4) is 0 Å². The minimum atomic E-state index is -0.281. The monoisotopic (exact) mass is 339 g/mol. The van der Waals surface area contributed by atoms with Gasteiger partial charge in [-0.3, -0.25) is 4.40 Å². The Labute approximate surface area is 147 Å². The molecule has 0 amide bonds. The summed E-state index contributed by atoms with van der Waals surface area (Å²) >= 11 is 0. The van der Waals surface area contributed by atoms with Crippen LogP contribution in [-0.2, 0) is 11.3 Å². The fourth-order valence-corrected chi connectivity index (χ4v) is 4.07. The fraction of sp³-hybridized carbons (Fsp3) is 0.450. The predicted molar refractivity (Wildman–Crippen MR) is 99.3 cm³/mol. The lowest BCUT2D eigenvalue weighted by atomic mass is 10.1. The molecule has 1 aromatic carbocycles. The molecule has 1 saturated heterocycles. The van der Waals surface area contributed by atoms with Gasteiger partial charge in [-0.1, -0.05) is 18.6 Å². The molecule has 4 rings (SSSR count). The van der Waals surface area contributed by atoms with Crippen LogP contribution in [0, 0.1) is 6.92 Å². The average Bonchev–Trinajstić information content (AvgIpc) is 3.13. The molecule has 0 bridgehead atoms. The van der Waals surface area contributed by atoms with Gasteiger partial charge >= 0.3 is 5.97 Å². The van der Waals surface area contributed by atoms with Crippen LogP contribution in [0.5, 0.6) is 0 Å². The molecule has 0 atom stereocenters. The summed E-state index contributed by atoms with van der Waals surface area (Å²) in [5.41, 5.74) is 4.88. The van der Waals surface area contributed by atoms with Gasteiger partial charge in [0.15, 0.2) is 0 Å². The number of likely N-dealkylation sites (tertiary alicyclic amines) is 1. The number of carbonyl (C=O) groups is 1. The Bertz CT molecular complexity index is 916. The van der Waals surface area contributed by atoms with Gasteiger partial charge in [0.1, 0.15) is 11.3 Å². The van der Waals surface area contributed by atoms with Crippen LogP contribution in [-0.4, -0.2) is 46.6 Å². The van der Waals surface area contributed by atoms with E-state index in [-0.39, 0.29) is 5.97 Å². The van der Waals surface area contributed by atoms with Crippen molar-refractivity contribution >= 4 is 22.6 Å². The van der Waals surface area contributed by atoms with Crippen LogP contribution in [0.1, 0.15) is 35.3 Å². The highest BCUT2D eigenvalue weighted by Gasteiger charge is 2.22. The number of benzene rings is 1. The lowest BCUT2D eigenvalue weighted by Crippen LogP contribution is -2.32. The number of rotatable bonds is 4. The maximum absolute atomic E-state index is 12.3. The maximum Gasteiger partial charge on any atom is 0.355 e. The van der Waals surface area contributed by atoms with Crippen LogP contribution < -0.4 is 0 Å². The summed E-state index contributed by atoms with van der Waals surface area (Å²) < 4.78 is 9.40. The molecule has 0 N–H and O–H groups in total. The Balaban J connectivity index is 1.80. The summed E-state index contributed by atoms with van der Waals surface area (Å²) in [6.07, 6.45) is 3.96. The highest BCUT2D eigenvalue weighted by molar-refractivity contribution is 5.95. The van der Waals surface area contributed by atoms with Gasteiger partial charge in [0, 0.05) is 13.1 Å². The number of imidazole rings is 1. The number of nitrogens with zero attached hydrogens (tertiary/aromatic N) is 3. The molecule has 5 nitrogen and oxygen atoms in total. The third kappa shape index (κ3) is 2.72. The van der Waals surface area contributed by atoms with Crippen molar-refractivity contribution < 1.29 is 9.53 Å². The molecule has 25 heavy (non-hydrogen) atoms. The highest BCUT2D eigenvalue weighted by Crippen LogP contribution is 2.27. The molecule has 0 saturated carbocycles. The third-order valence-corrected chi connectivity index (χ3v) is 5.33. The van der Waals surface area contributed by atoms with Gasteiger partial charge in [-0.05, 0) is 56.6 Å². The van der Waals surface area contributed by atoms with Crippen molar-refractivity contribution in [3.05, 3.63) is 41.6 Å². The summed E-state index contributed by atoms with van der Waals surface area (Å²) in [5.74, 6) is -0.281. The Morgan fingerprint density at radius 3 is 2.52 bits per heavy atom. The lowest BCUT2D eigenvalue weighted by Gasteiger charge is -2.26. The molecular weight excluding hydrogens is 314 g/mol. The van der Waals surface area contributed by atoms with E-state index in [9.17, 15) is 4.79 Å². The summed E-state index contributed by atoms with van der Waals surface area (Å²) in [4.78, 5) is 14.9. The molecule has 0 spiro atoms. The largest absolute Gasteiger partial charge is 0.464 e. The standard InChI is InChI=1S/C20H25N3O2/c1-15-14-18-22(13-12-21-10-6-3-7-11-21)16-8-4-5-9-17(16)23(18)19(15)20(24)25-2/h4-5,8-9,14H,3,6-7,10-13H2,1-2H3. The first-order valence-corrected chi connectivity index (χ1v) is 9.10. The molecule has 3 heterocycles. The van der Waals surface area contributed by atoms with Gasteiger partial charge in [0.25, 0.3) is 0 Å². The van der Waals surface area contributed by atoms with Crippen LogP contribution in [0.25, 0.3) is 16.7 Å². The van der Waals surface area contributed by atoms with E-state index in [0.29, 0.717) is 5.69 Å². The van der Waals surface area contributed by atoms with E-state index in [0.717, 1.165) is 29.8 Å². The molecule has 3 aromatic rings. The number of hydrogen-bond acceptors (Lipinski definition) is 3. The van der Waals surface area contributed by atoms with Crippen molar-refractivity contribution in [1.29, 1.82) is 0 Å². The zero-order valence-corrected chi connectivity index (χ0v) is 15.0. The normalized spacial score (nSPS) is 15.9. The van der Waals surface area contributed by atoms with Crippen molar-refractivity contribution in [2.24, 2.45) is 0 Å². The number of piperidine rings is 1. The predicted octanol–water partition coefficient (Wildman–Crippen LogP) is 3.47. The Hall–Kier alpha value is -2.27. The van der Waals surface area contributed by atoms with E-state index in [1.807, 2.05) is 17.4 Å². The van der Waals surface area contributed by atoms with E-state index in [2.05, 4.69) is 33.7 Å². The average molecular weight is 339 g/mol. The number of methoxy groups -OCH3 is 1. The summed E-state index contributed by atoms with van der Waals surface area (Å²) in [6.45, 7) is 6.35. The second kappa shape index (κ2) is 6.56. The first-order chi connectivity index (χ1) is 12.2. The molecular formula is C20H25N3O2. The van der Waals surface area contributed by atoms with E-state index in [4.69, 9.17) is 4.74 Å². The smallest absolute Gasteiger partial charge is 0.355 e. The Kier molecular flexibility index (Phi) is 4.25. The number of carbonyl (C=O) groups excluding carboxylic acids is 1. The number of aryl methyl sites for hydroxylation is 1. The van der Waals surface area contributed by atoms with Crippen molar-refractivity contribution in [3.63, 3.8) is 0 Å². The van der Waals surface area contributed by atoms with E-state index >= 15 is 0 Å². The minimum Gasteiger partial charge on any atom is -0.464 e. The van der Waals surface area contributed by atoms with Crippen LogP contribution in [0.15, 0.2) is 30.3 Å². The van der Waals surface area contributed by atoms with Gasteiger partial charge in [0.05, 0.1) is 18.1 Å². The topological polar surface area (TPSA) is 38.9 Å². The van der Waals surface area contributed by atoms with Gasteiger partial charge in [0.2, 0.25) is 0 Å². The van der Waals surface area contributed by atoms with Crippen LogP contribution in [0.3, 0.4) is 0 Å². The quantitative estimate of drug-likeness (QED) is 0.683.